The lowest BCUT2D eigenvalue weighted by molar-refractivity contribution is -0.142. The van der Waals surface area contributed by atoms with Crippen molar-refractivity contribution in [3.63, 3.8) is 0 Å². The van der Waals surface area contributed by atoms with E-state index in [1.807, 2.05) is 6.08 Å². The molecule has 2 N–H and O–H groups in total. The third-order valence-electron chi connectivity index (χ3n) is 3.70. The first kappa shape index (κ1) is 20.6. The molecule has 0 unspecified atom stereocenters. The average Bonchev–Trinajstić information content (AvgIpc) is 2.45. The smallest absolute Gasteiger partial charge is 0.320 e. The lowest BCUT2D eigenvalue weighted by Crippen LogP contribution is -2.35. The first-order valence-electron chi connectivity index (χ1n) is 8.26. The minimum absolute atomic E-state index is 0.103. The summed E-state index contributed by atoms with van der Waals surface area (Å²) in [5.74, 6) is -0.684. The van der Waals surface area contributed by atoms with Crippen LogP contribution in [0.4, 0.5) is 0 Å². The van der Waals surface area contributed by atoms with Crippen molar-refractivity contribution in [2.45, 2.75) is 63.8 Å². The number of carbonyl (C=O) groups excluding carboxylic acids is 1. The summed E-state index contributed by atoms with van der Waals surface area (Å²) in [5.41, 5.74) is 0. The Kier molecular flexibility index (Phi) is 12.5. The molecule has 0 aromatic carbocycles. The molecule has 0 aliphatic heterocycles. The Labute approximate surface area is 134 Å². The number of hydrogen-bond acceptors (Lipinski definition) is 3. The summed E-state index contributed by atoms with van der Waals surface area (Å²) < 4.78 is 0. The number of nitrogens with zero attached hydrogens (tertiary/aromatic N) is 1. The van der Waals surface area contributed by atoms with Crippen LogP contribution in [-0.4, -0.2) is 48.6 Å². The highest BCUT2D eigenvalue weighted by atomic mass is 16.4. The minimum Gasteiger partial charge on any atom is -0.480 e. The zero-order valence-corrected chi connectivity index (χ0v) is 14.1. The zero-order valence-electron chi connectivity index (χ0n) is 14.1. The molecule has 0 aliphatic rings. The van der Waals surface area contributed by atoms with Crippen LogP contribution in [0.5, 0.6) is 0 Å². The lowest BCUT2D eigenvalue weighted by Gasteiger charge is -2.19. The van der Waals surface area contributed by atoms with Crippen LogP contribution in [0.1, 0.15) is 57.8 Å². The first-order valence-corrected chi connectivity index (χ1v) is 8.26. The van der Waals surface area contributed by atoms with Gasteiger partial charge >= 0.3 is 5.97 Å². The van der Waals surface area contributed by atoms with Crippen molar-refractivity contribution in [3.8, 4) is 0 Å². The third-order valence-corrected chi connectivity index (χ3v) is 3.70. The van der Waals surface area contributed by atoms with E-state index in [9.17, 15) is 9.59 Å². The number of nitrogens with one attached hydrogen (secondary N) is 1. The molecule has 0 radical (unpaired) electrons. The van der Waals surface area contributed by atoms with Crippen molar-refractivity contribution in [2.24, 2.45) is 0 Å². The Hall–Kier alpha value is -1.36. The molecule has 22 heavy (non-hydrogen) atoms. The van der Waals surface area contributed by atoms with Crippen molar-refractivity contribution in [3.05, 3.63) is 12.7 Å². The van der Waals surface area contributed by atoms with Gasteiger partial charge in [0.25, 0.3) is 0 Å². The second-order valence-corrected chi connectivity index (χ2v) is 5.90. The van der Waals surface area contributed by atoms with E-state index in [-0.39, 0.29) is 5.91 Å². The number of unbranched alkanes of at least 4 members (excludes halogenated alkanes) is 5. The molecular formula is C17H32N2O3. The molecule has 0 saturated heterocycles. The summed E-state index contributed by atoms with van der Waals surface area (Å²) in [6.07, 6.45) is 10.1. The summed E-state index contributed by atoms with van der Waals surface area (Å²) >= 11 is 0. The highest BCUT2D eigenvalue weighted by Crippen LogP contribution is 2.07. The maximum atomic E-state index is 11.6. The Bertz CT molecular complexity index is 330. The Morgan fingerprint density at radius 3 is 2.41 bits per heavy atom. The van der Waals surface area contributed by atoms with Crippen molar-refractivity contribution < 1.29 is 14.7 Å². The van der Waals surface area contributed by atoms with Gasteiger partial charge in [-0.1, -0.05) is 18.9 Å². The Morgan fingerprint density at radius 1 is 1.14 bits per heavy atom. The van der Waals surface area contributed by atoms with E-state index in [1.54, 1.807) is 19.0 Å². The van der Waals surface area contributed by atoms with Crippen LogP contribution in [0.15, 0.2) is 12.7 Å². The van der Waals surface area contributed by atoms with Gasteiger partial charge in [-0.25, -0.2) is 0 Å². The molecular weight excluding hydrogens is 280 g/mol. The van der Waals surface area contributed by atoms with Gasteiger partial charge in [0.2, 0.25) is 5.91 Å². The number of likely N-dealkylation sites (N-methyl/N-ethyl adjacent to an activating group) is 1. The molecule has 0 bridgehead atoms. The molecule has 0 saturated carbocycles. The first-order chi connectivity index (χ1) is 10.5. The number of carbonyl (C=O) groups is 2. The highest BCUT2D eigenvalue weighted by molar-refractivity contribution is 5.75. The average molecular weight is 312 g/mol. The van der Waals surface area contributed by atoms with Crippen molar-refractivity contribution >= 4 is 11.9 Å². The van der Waals surface area contributed by atoms with E-state index in [0.29, 0.717) is 19.4 Å². The van der Waals surface area contributed by atoms with Crippen LogP contribution in [0, 0.1) is 0 Å². The highest BCUT2D eigenvalue weighted by Gasteiger charge is 2.18. The van der Waals surface area contributed by atoms with Crippen LogP contribution < -0.4 is 5.32 Å². The van der Waals surface area contributed by atoms with Gasteiger partial charge in [0, 0.05) is 13.0 Å². The van der Waals surface area contributed by atoms with Crippen LogP contribution >= 0.6 is 0 Å². The summed E-state index contributed by atoms with van der Waals surface area (Å²) in [5, 5.41) is 11.9. The molecule has 5 heteroatoms. The largest absolute Gasteiger partial charge is 0.480 e. The fourth-order valence-electron chi connectivity index (χ4n) is 2.31. The lowest BCUT2D eigenvalue weighted by atomic mass is 10.1. The molecule has 0 aliphatic carbocycles. The molecule has 1 atom stereocenters. The second-order valence-electron chi connectivity index (χ2n) is 5.90. The molecule has 5 nitrogen and oxygen atoms in total. The van der Waals surface area contributed by atoms with Crippen molar-refractivity contribution in [2.75, 3.05) is 20.6 Å². The molecule has 0 heterocycles. The van der Waals surface area contributed by atoms with Crippen LogP contribution in [0.2, 0.25) is 0 Å². The molecule has 0 fully saturated rings. The summed E-state index contributed by atoms with van der Waals surface area (Å²) in [4.78, 5) is 24.3. The van der Waals surface area contributed by atoms with Crippen LogP contribution in [-0.2, 0) is 9.59 Å². The monoisotopic (exact) mass is 312 g/mol. The van der Waals surface area contributed by atoms with E-state index in [1.165, 1.54) is 0 Å². The number of carboxylic acid groups (broad SMARTS) is 1. The fourth-order valence-corrected chi connectivity index (χ4v) is 2.31. The molecule has 0 aromatic heterocycles. The zero-order chi connectivity index (χ0) is 16.8. The van der Waals surface area contributed by atoms with Gasteiger partial charge in [-0.05, 0) is 52.6 Å². The Morgan fingerprint density at radius 2 is 1.82 bits per heavy atom. The minimum atomic E-state index is -0.787. The van der Waals surface area contributed by atoms with Gasteiger partial charge in [0.1, 0.15) is 6.04 Å². The number of amides is 1. The molecule has 0 aromatic rings. The maximum Gasteiger partial charge on any atom is 0.320 e. The topological polar surface area (TPSA) is 69.6 Å². The third kappa shape index (κ3) is 11.3. The SMILES string of the molecule is C=CCCCCCCC(=O)NCCCC[C@@H](C(=O)O)N(C)C. The second kappa shape index (κ2) is 13.3. The van der Waals surface area contributed by atoms with Gasteiger partial charge < -0.3 is 10.4 Å². The van der Waals surface area contributed by atoms with E-state index < -0.39 is 12.0 Å². The number of carboxylic acids is 1. The van der Waals surface area contributed by atoms with E-state index in [2.05, 4.69) is 11.9 Å². The van der Waals surface area contributed by atoms with E-state index >= 15 is 0 Å². The summed E-state index contributed by atoms with van der Waals surface area (Å²) in [7, 11) is 3.55. The molecule has 1 amide bonds. The van der Waals surface area contributed by atoms with Gasteiger partial charge in [-0.15, -0.1) is 6.58 Å². The number of aliphatic carboxylic acids is 1. The summed E-state index contributed by atoms with van der Waals surface area (Å²) in [6, 6.07) is -0.439. The van der Waals surface area contributed by atoms with Gasteiger partial charge in [-0.2, -0.15) is 0 Å². The normalized spacial score (nSPS) is 12.1. The van der Waals surface area contributed by atoms with Gasteiger partial charge in [-0.3, -0.25) is 14.5 Å². The van der Waals surface area contributed by atoms with Crippen LogP contribution in [0.25, 0.3) is 0 Å². The summed E-state index contributed by atoms with van der Waals surface area (Å²) in [6.45, 7) is 4.32. The van der Waals surface area contributed by atoms with Crippen molar-refractivity contribution in [1.29, 1.82) is 0 Å². The predicted octanol–water partition coefficient (Wildman–Crippen LogP) is 2.81. The number of hydrogen-bond donors (Lipinski definition) is 2. The number of rotatable bonds is 14. The number of allylic oxidation sites excluding steroid dienone is 1. The Balaban J connectivity index is 3.52. The van der Waals surface area contributed by atoms with E-state index in [4.69, 9.17) is 5.11 Å². The quantitative estimate of drug-likeness (QED) is 0.382. The maximum absolute atomic E-state index is 11.6. The van der Waals surface area contributed by atoms with Gasteiger partial charge in [0.15, 0.2) is 0 Å². The van der Waals surface area contributed by atoms with Gasteiger partial charge in [0.05, 0.1) is 0 Å². The van der Waals surface area contributed by atoms with E-state index in [0.717, 1.165) is 44.9 Å². The molecule has 128 valence electrons. The molecule has 0 rings (SSSR count). The fraction of sp³-hybridized carbons (Fsp3) is 0.765. The molecule has 0 spiro atoms. The van der Waals surface area contributed by atoms with Crippen molar-refractivity contribution in [1.82, 2.24) is 10.2 Å². The van der Waals surface area contributed by atoms with Crippen LogP contribution in [0.3, 0.4) is 0 Å². The standard InChI is InChI=1S/C17H32N2O3/c1-4-5-6-7-8-9-13-16(20)18-14-11-10-12-15(17(21)22)19(2)3/h4,15H,1,5-14H2,2-3H3,(H,18,20)(H,21,22)/t15-/m0/s1. The predicted molar refractivity (Wildman–Crippen MR) is 89.9 cm³/mol.